The Morgan fingerprint density at radius 3 is 2.28 bits per heavy atom. The molecule has 3 aromatic rings. The Morgan fingerprint density at radius 2 is 1.68 bits per heavy atom. The van der Waals surface area contributed by atoms with Crippen molar-refractivity contribution in [2.24, 2.45) is 0 Å². The summed E-state index contributed by atoms with van der Waals surface area (Å²) in [5, 5.41) is 29.8. The number of hydrogen-bond donors (Lipinski definition) is 3. The number of aromatic hydroxyl groups is 1. The molecule has 0 aliphatic carbocycles. The zero-order valence-corrected chi connectivity index (χ0v) is 13.5. The van der Waals surface area contributed by atoms with Gasteiger partial charge in [-0.1, -0.05) is 35.9 Å². The average Bonchev–Trinajstić information content (AvgIpc) is 2.56. The lowest BCUT2D eigenvalue weighted by atomic mass is 10.00. The summed E-state index contributed by atoms with van der Waals surface area (Å²) in [6.07, 6.45) is 0.132. The van der Waals surface area contributed by atoms with Crippen molar-refractivity contribution in [1.82, 2.24) is 4.98 Å². The highest BCUT2D eigenvalue weighted by Crippen LogP contribution is 2.32. The molecule has 0 unspecified atom stereocenters. The molecular weight excluding hydrogens is 346 g/mol. The fourth-order valence-electron chi connectivity index (χ4n) is 2.63. The second kappa shape index (κ2) is 6.41. The summed E-state index contributed by atoms with van der Waals surface area (Å²) >= 11 is 5.84. The topological polar surface area (TPSA) is 108 Å². The lowest BCUT2D eigenvalue weighted by molar-refractivity contribution is 0.0684. The van der Waals surface area contributed by atoms with Crippen molar-refractivity contribution in [1.29, 1.82) is 0 Å². The summed E-state index contributed by atoms with van der Waals surface area (Å²) in [7, 11) is 0. The van der Waals surface area contributed by atoms with Crippen LogP contribution in [0.5, 0.6) is 5.75 Å². The third-order valence-electron chi connectivity index (χ3n) is 3.79. The van der Waals surface area contributed by atoms with Crippen molar-refractivity contribution in [3.05, 3.63) is 69.9 Å². The first-order valence-corrected chi connectivity index (χ1v) is 7.62. The maximum absolute atomic E-state index is 11.6. The van der Waals surface area contributed by atoms with Crippen LogP contribution >= 0.6 is 11.6 Å². The number of benzene rings is 2. The van der Waals surface area contributed by atoms with E-state index in [1.54, 1.807) is 24.3 Å². The van der Waals surface area contributed by atoms with Gasteiger partial charge < -0.3 is 15.3 Å². The first-order valence-electron chi connectivity index (χ1n) is 7.24. The predicted molar refractivity (Wildman–Crippen MR) is 91.6 cm³/mol. The molecule has 3 N–H and O–H groups in total. The first kappa shape index (κ1) is 16.7. The monoisotopic (exact) mass is 357 g/mol. The van der Waals surface area contributed by atoms with E-state index >= 15 is 0 Å². The van der Waals surface area contributed by atoms with Crippen molar-refractivity contribution in [3.8, 4) is 5.75 Å². The highest BCUT2D eigenvalue weighted by atomic mass is 35.5. The number of para-hydroxylation sites is 1. The number of carbonyl (C=O) groups is 2. The standard InChI is InChI=1S/C18H12ClNO5/c19-10-6-4-9(5-7-10)8-13-16(21)14(18(24)25)11-2-1-3-12(17(22)23)15(11)20-13/h1-7,21H,8H2,(H,22,23)(H,24,25). The Morgan fingerprint density at radius 1 is 1.00 bits per heavy atom. The smallest absolute Gasteiger partial charge is 0.340 e. The third-order valence-corrected chi connectivity index (χ3v) is 4.04. The quantitative estimate of drug-likeness (QED) is 0.658. The Balaban J connectivity index is 2.26. The summed E-state index contributed by atoms with van der Waals surface area (Å²) < 4.78 is 0. The molecule has 0 atom stereocenters. The average molecular weight is 358 g/mol. The molecule has 126 valence electrons. The second-order valence-corrected chi connectivity index (χ2v) is 5.83. The molecule has 25 heavy (non-hydrogen) atoms. The molecule has 0 saturated heterocycles. The molecule has 0 spiro atoms. The van der Waals surface area contributed by atoms with E-state index in [-0.39, 0.29) is 34.1 Å². The van der Waals surface area contributed by atoms with Crippen LogP contribution in [0.15, 0.2) is 42.5 Å². The molecule has 2 aromatic carbocycles. The second-order valence-electron chi connectivity index (χ2n) is 5.40. The number of fused-ring (bicyclic) bond motifs is 1. The van der Waals surface area contributed by atoms with Crippen LogP contribution in [0.3, 0.4) is 0 Å². The fourth-order valence-corrected chi connectivity index (χ4v) is 2.76. The molecule has 0 fully saturated rings. The van der Waals surface area contributed by atoms with Crippen molar-refractivity contribution in [2.75, 3.05) is 0 Å². The first-order chi connectivity index (χ1) is 11.9. The lowest BCUT2D eigenvalue weighted by Crippen LogP contribution is -2.07. The molecule has 6 nitrogen and oxygen atoms in total. The minimum atomic E-state index is -1.36. The molecule has 0 aliphatic rings. The summed E-state index contributed by atoms with van der Waals surface area (Å²) in [4.78, 5) is 27.3. The highest BCUT2D eigenvalue weighted by molar-refractivity contribution is 6.30. The molecule has 1 heterocycles. The molecule has 7 heteroatoms. The van der Waals surface area contributed by atoms with E-state index in [2.05, 4.69) is 4.98 Å². The minimum Gasteiger partial charge on any atom is -0.505 e. The van der Waals surface area contributed by atoms with Crippen LogP contribution in [-0.4, -0.2) is 32.2 Å². The summed E-state index contributed by atoms with van der Waals surface area (Å²) in [6.45, 7) is 0. The molecule has 0 saturated carbocycles. The number of aromatic nitrogens is 1. The lowest BCUT2D eigenvalue weighted by Gasteiger charge is -2.12. The molecule has 3 rings (SSSR count). The van der Waals surface area contributed by atoms with Gasteiger partial charge >= 0.3 is 11.9 Å². The van der Waals surface area contributed by atoms with Crippen LogP contribution in [-0.2, 0) is 6.42 Å². The number of carboxylic acids is 2. The minimum absolute atomic E-state index is 0.0224. The highest BCUT2D eigenvalue weighted by Gasteiger charge is 2.22. The van der Waals surface area contributed by atoms with E-state index in [1.165, 1.54) is 18.2 Å². The Hall–Kier alpha value is -3.12. The van der Waals surface area contributed by atoms with Gasteiger partial charge in [-0.3, -0.25) is 0 Å². The number of hydrogen-bond acceptors (Lipinski definition) is 4. The molecular formula is C18H12ClNO5. The van der Waals surface area contributed by atoms with E-state index in [9.17, 15) is 24.9 Å². The molecule has 0 aliphatic heterocycles. The molecule has 0 amide bonds. The largest absolute Gasteiger partial charge is 0.505 e. The number of rotatable bonds is 4. The van der Waals surface area contributed by atoms with Gasteiger partial charge in [-0.2, -0.15) is 0 Å². The summed E-state index contributed by atoms with van der Waals surface area (Å²) in [6, 6.07) is 10.9. The van der Waals surface area contributed by atoms with Crippen LogP contribution in [0, 0.1) is 0 Å². The van der Waals surface area contributed by atoms with E-state index < -0.39 is 17.7 Å². The maximum atomic E-state index is 11.6. The summed E-state index contributed by atoms with van der Waals surface area (Å²) in [5.74, 6) is -3.06. The SMILES string of the molecule is O=C(O)c1c(O)c(Cc2ccc(Cl)cc2)nc2c(C(=O)O)cccc12. The number of carboxylic acid groups (broad SMARTS) is 2. The molecule has 1 aromatic heterocycles. The maximum Gasteiger partial charge on any atom is 0.340 e. The summed E-state index contributed by atoms with van der Waals surface area (Å²) in [5.41, 5.74) is 0.361. The van der Waals surface area contributed by atoms with Crippen LogP contribution in [0.4, 0.5) is 0 Å². The van der Waals surface area contributed by atoms with Gasteiger partial charge in [0.25, 0.3) is 0 Å². The van der Waals surface area contributed by atoms with Crippen LogP contribution in [0.25, 0.3) is 10.9 Å². The molecule has 0 radical (unpaired) electrons. The van der Waals surface area contributed by atoms with Crippen LogP contribution < -0.4 is 0 Å². The van der Waals surface area contributed by atoms with Crippen molar-refractivity contribution in [3.63, 3.8) is 0 Å². The number of aromatic carboxylic acids is 2. The molecule has 0 bridgehead atoms. The van der Waals surface area contributed by atoms with Gasteiger partial charge in [0.15, 0.2) is 5.75 Å². The van der Waals surface area contributed by atoms with Gasteiger partial charge in [0, 0.05) is 16.8 Å². The van der Waals surface area contributed by atoms with Gasteiger partial charge in [-0.15, -0.1) is 0 Å². The van der Waals surface area contributed by atoms with Crippen LogP contribution in [0.1, 0.15) is 32.0 Å². The van der Waals surface area contributed by atoms with E-state index in [1.807, 2.05) is 0 Å². The van der Waals surface area contributed by atoms with Gasteiger partial charge in [0.1, 0.15) is 5.56 Å². The van der Waals surface area contributed by atoms with Gasteiger partial charge in [-0.25, -0.2) is 14.6 Å². The normalized spacial score (nSPS) is 10.8. The zero-order chi connectivity index (χ0) is 18.1. The zero-order valence-electron chi connectivity index (χ0n) is 12.7. The Labute approximate surface area is 146 Å². The van der Waals surface area contributed by atoms with E-state index in [0.717, 1.165) is 5.56 Å². The van der Waals surface area contributed by atoms with Crippen molar-refractivity contribution < 1.29 is 24.9 Å². The van der Waals surface area contributed by atoms with E-state index in [4.69, 9.17) is 11.6 Å². The third kappa shape index (κ3) is 3.12. The predicted octanol–water partition coefficient (Wildman–Crippen LogP) is 3.58. The van der Waals surface area contributed by atoms with Crippen molar-refractivity contribution in [2.45, 2.75) is 6.42 Å². The van der Waals surface area contributed by atoms with Gasteiger partial charge in [-0.05, 0) is 23.8 Å². The van der Waals surface area contributed by atoms with Crippen molar-refractivity contribution >= 4 is 34.4 Å². The van der Waals surface area contributed by atoms with E-state index in [0.29, 0.717) is 5.02 Å². The Bertz CT molecular complexity index is 999. The van der Waals surface area contributed by atoms with Gasteiger partial charge in [0.05, 0.1) is 16.8 Å². The van der Waals surface area contributed by atoms with Gasteiger partial charge in [0.2, 0.25) is 0 Å². The Kier molecular flexibility index (Phi) is 4.29. The van der Waals surface area contributed by atoms with Crippen LogP contribution in [0.2, 0.25) is 5.02 Å². The number of halogens is 1. The number of nitrogens with zero attached hydrogens (tertiary/aromatic N) is 1. The number of pyridine rings is 1. The fraction of sp³-hybridized carbons (Fsp3) is 0.0556.